The summed E-state index contributed by atoms with van der Waals surface area (Å²) >= 11 is 3.29. The van der Waals surface area contributed by atoms with Crippen LogP contribution in [-0.4, -0.2) is 78.3 Å². The van der Waals surface area contributed by atoms with Gasteiger partial charge in [-0.2, -0.15) is 5.10 Å². The summed E-state index contributed by atoms with van der Waals surface area (Å²) in [6.07, 6.45) is 2.57. The monoisotopic (exact) mass is 472 g/mol. The molecule has 1 unspecified atom stereocenters. The molecule has 3 aliphatic rings. The molecule has 1 saturated heterocycles. The van der Waals surface area contributed by atoms with E-state index in [1.165, 1.54) is 0 Å². The van der Waals surface area contributed by atoms with Gasteiger partial charge in [-0.3, -0.25) is 14.5 Å². The van der Waals surface area contributed by atoms with Gasteiger partial charge < -0.3 is 9.64 Å². The second kappa shape index (κ2) is 9.82. The molecule has 5 rings (SSSR count). The summed E-state index contributed by atoms with van der Waals surface area (Å²) in [5, 5.41) is 10.4. The summed E-state index contributed by atoms with van der Waals surface area (Å²) in [6.45, 7) is 4.63. The molecule has 1 atom stereocenters. The number of hydrogen-bond donors (Lipinski definition) is 0. The molecule has 0 radical (unpaired) electrons. The van der Waals surface area contributed by atoms with E-state index in [0.29, 0.717) is 13.0 Å². The van der Waals surface area contributed by atoms with Crippen LogP contribution in [0.5, 0.6) is 0 Å². The molecule has 1 saturated carbocycles. The van der Waals surface area contributed by atoms with Crippen LogP contribution in [0.25, 0.3) is 0 Å². The highest BCUT2D eigenvalue weighted by molar-refractivity contribution is 7.12. The molecule has 0 N–H and O–H groups in total. The van der Waals surface area contributed by atoms with Crippen molar-refractivity contribution in [3.63, 3.8) is 0 Å². The van der Waals surface area contributed by atoms with Crippen molar-refractivity contribution < 1.29 is 14.3 Å². The third-order valence-electron chi connectivity index (χ3n) is 6.20. The molecule has 2 aliphatic heterocycles. The van der Waals surface area contributed by atoms with Crippen molar-refractivity contribution in [1.82, 2.24) is 14.8 Å². The molecule has 0 bridgehead atoms. The summed E-state index contributed by atoms with van der Waals surface area (Å²) in [5.74, 6) is 0.0937. The van der Waals surface area contributed by atoms with Crippen molar-refractivity contribution >= 4 is 40.2 Å². The van der Waals surface area contributed by atoms with Crippen LogP contribution in [0.4, 0.5) is 0 Å². The first-order valence-corrected chi connectivity index (χ1v) is 13.0. The van der Waals surface area contributed by atoms with Gasteiger partial charge in [0, 0.05) is 43.4 Å². The van der Waals surface area contributed by atoms with E-state index in [1.807, 2.05) is 29.0 Å². The Morgan fingerprint density at radius 2 is 1.91 bits per heavy atom. The molecule has 2 fully saturated rings. The van der Waals surface area contributed by atoms with E-state index < -0.39 is 0 Å². The Kier molecular flexibility index (Phi) is 6.68. The number of carbonyl (C=O) groups excluding carboxylic acids is 2. The van der Waals surface area contributed by atoms with Crippen molar-refractivity contribution in [3.8, 4) is 0 Å². The molecule has 2 aromatic heterocycles. The Labute approximate surface area is 196 Å². The van der Waals surface area contributed by atoms with Gasteiger partial charge in [0.25, 0.3) is 5.91 Å². The van der Waals surface area contributed by atoms with Gasteiger partial charge in [0.15, 0.2) is 0 Å². The lowest BCUT2D eigenvalue weighted by molar-refractivity contribution is -0.142. The van der Waals surface area contributed by atoms with Crippen LogP contribution in [0.3, 0.4) is 0 Å². The van der Waals surface area contributed by atoms with Gasteiger partial charge >= 0.3 is 0 Å². The minimum atomic E-state index is -0.106. The largest absolute Gasteiger partial charge is 0.379 e. The first kappa shape index (κ1) is 21.8. The number of hydrazone groups is 1. The number of thiophene rings is 2. The van der Waals surface area contributed by atoms with Gasteiger partial charge in [-0.15, -0.1) is 22.7 Å². The van der Waals surface area contributed by atoms with E-state index in [-0.39, 0.29) is 30.3 Å². The highest BCUT2D eigenvalue weighted by Crippen LogP contribution is 2.36. The van der Waals surface area contributed by atoms with Gasteiger partial charge in [-0.1, -0.05) is 12.1 Å². The van der Waals surface area contributed by atoms with Crippen molar-refractivity contribution in [3.05, 3.63) is 44.8 Å². The summed E-state index contributed by atoms with van der Waals surface area (Å²) in [4.78, 5) is 32.7. The summed E-state index contributed by atoms with van der Waals surface area (Å²) in [6, 6.07) is 8.03. The third kappa shape index (κ3) is 4.96. The van der Waals surface area contributed by atoms with Gasteiger partial charge in [-0.25, -0.2) is 5.01 Å². The molecule has 32 heavy (non-hydrogen) atoms. The topological polar surface area (TPSA) is 65.5 Å². The Morgan fingerprint density at radius 3 is 2.59 bits per heavy atom. The summed E-state index contributed by atoms with van der Waals surface area (Å²) in [7, 11) is 0. The second-order valence-electron chi connectivity index (χ2n) is 8.49. The maximum Gasteiger partial charge on any atom is 0.262 e. The molecule has 2 aromatic rings. The predicted molar refractivity (Wildman–Crippen MR) is 126 cm³/mol. The number of morpholine rings is 1. The van der Waals surface area contributed by atoms with Crippen LogP contribution in [0, 0.1) is 5.92 Å². The molecule has 2 amide bonds. The maximum absolute atomic E-state index is 13.5. The Balaban J connectivity index is 1.31. The lowest BCUT2D eigenvalue weighted by Crippen LogP contribution is -2.47. The zero-order chi connectivity index (χ0) is 21.9. The number of ether oxygens (including phenoxy) is 1. The van der Waals surface area contributed by atoms with Crippen molar-refractivity contribution in [1.29, 1.82) is 0 Å². The van der Waals surface area contributed by atoms with E-state index in [0.717, 1.165) is 61.2 Å². The highest BCUT2D eigenvalue weighted by Gasteiger charge is 2.38. The number of amides is 2. The van der Waals surface area contributed by atoms with Crippen LogP contribution in [0.2, 0.25) is 0 Å². The molecule has 9 heteroatoms. The third-order valence-corrected chi connectivity index (χ3v) is 8.09. The first-order valence-electron chi connectivity index (χ1n) is 11.2. The minimum absolute atomic E-state index is 0.0861. The zero-order valence-corrected chi connectivity index (χ0v) is 19.7. The molecule has 170 valence electrons. The fourth-order valence-corrected chi connectivity index (χ4v) is 5.75. The Hall–Kier alpha value is -2.07. The van der Waals surface area contributed by atoms with Crippen LogP contribution >= 0.6 is 22.7 Å². The van der Waals surface area contributed by atoms with E-state index >= 15 is 0 Å². The fourth-order valence-electron chi connectivity index (χ4n) is 4.21. The van der Waals surface area contributed by atoms with Gasteiger partial charge in [0.05, 0.1) is 29.8 Å². The molecule has 0 aromatic carbocycles. The van der Waals surface area contributed by atoms with Crippen LogP contribution in [-0.2, 0) is 14.3 Å². The number of rotatable bonds is 8. The van der Waals surface area contributed by atoms with Crippen LogP contribution in [0.15, 0.2) is 40.1 Å². The van der Waals surface area contributed by atoms with Crippen molar-refractivity contribution in [2.45, 2.75) is 25.3 Å². The van der Waals surface area contributed by atoms with Crippen LogP contribution < -0.4 is 0 Å². The number of hydrogen-bond acceptors (Lipinski definition) is 7. The fraction of sp³-hybridized carbons (Fsp3) is 0.522. The zero-order valence-electron chi connectivity index (χ0n) is 18.0. The van der Waals surface area contributed by atoms with E-state index in [2.05, 4.69) is 11.0 Å². The van der Waals surface area contributed by atoms with Crippen LogP contribution in [0.1, 0.15) is 35.1 Å². The van der Waals surface area contributed by atoms with Gasteiger partial charge in [-0.05, 0) is 35.7 Å². The quantitative estimate of drug-likeness (QED) is 0.592. The smallest absolute Gasteiger partial charge is 0.262 e. The number of carbonyl (C=O) groups is 2. The van der Waals surface area contributed by atoms with Gasteiger partial charge in [0.1, 0.15) is 6.54 Å². The molecular weight excluding hydrogens is 444 g/mol. The van der Waals surface area contributed by atoms with E-state index in [9.17, 15) is 9.59 Å². The normalized spacial score (nSPS) is 21.6. The molecule has 7 nitrogen and oxygen atoms in total. The molecular formula is C23H28N4O3S2. The summed E-state index contributed by atoms with van der Waals surface area (Å²) in [5.41, 5.74) is 0.945. The molecule has 0 spiro atoms. The predicted octanol–water partition coefficient (Wildman–Crippen LogP) is 3.06. The maximum atomic E-state index is 13.5. The number of nitrogens with zero attached hydrogens (tertiary/aromatic N) is 4. The lowest BCUT2D eigenvalue weighted by atomic mass is 10.1. The first-order chi connectivity index (χ1) is 15.7. The van der Waals surface area contributed by atoms with E-state index in [4.69, 9.17) is 9.84 Å². The van der Waals surface area contributed by atoms with Crippen molar-refractivity contribution in [2.24, 2.45) is 11.0 Å². The van der Waals surface area contributed by atoms with Gasteiger partial charge in [0.2, 0.25) is 5.91 Å². The molecule has 4 heterocycles. The summed E-state index contributed by atoms with van der Waals surface area (Å²) < 4.78 is 5.43. The molecule has 1 aliphatic carbocycles. The second-order valence-corrected chi connectivity index (χ2v) is 10.4. The van der Waals surface area contributed by atoms with Crippen molar-refractivity contribution in [2.75, 3.05) is 45.9 Å². The highest BCUT2D eigenvalue weighted by atomic mass is 32.1. The lowest BCUT2D eigenvalue weighted by Gasteiger charge is -2.31. The minimum Gasteiger partial charge on any atom is -0.379 e. The standard InChI is InChI=1S/C23H28N4O3S2/c28-22(16-26(23(29)17-5-6-17)8-7-25-9-11-30-12-10-25)27-19(21-4-2-14-32-21)15-18(24-27)20-3-1-13-31-20/h1-4,13-14,17,19H,5-12,15-16H2. The Bertz CT molecular complexity index is 950. The average molecular weight is 473 g/mol. The van der Waals surface area contributed by atoms with E-state index in [1.54, 1.807) is 32.6 Å². The Morgan fingerprint density at radius 1 is 1.12 bits per heavy atom. The SMILES string of the molecule is O=C(C1CC1)N(CCN1CCOCC1)CC(=O)N1N=C(c2cccs2)CC1c1cccs1. The average Bonchev–Trinajstić information content (AvgIpc) is 3.22.